The Morgan fingerprint density at radius 1 is 1.06 bits per heavy atom. The smallest absolute Gasteiger partial charge is 0.150 e. The molecule has 18 heavy (non-hydrogen) atoms. The zero-order chi connectivity index (χ0) is 13.1. The zero-order valence-electron chi connectivity index (χ0n) is 9.61. The predicted molar refractivity (Wildman–Crippen MR) is 73.8 cm³/mol. The van der Waals surface area contributed by atoms with Crippen molar-refractivity contribution < 1.29 is 9.53 Å². The first kappa shape index (κ1) is 12.9. The molecule has 2 nitrogen and oxygen atoms in total. The standard InChI is InChI=1S/C14H10Cl2O2/c1-18-14-5-2-9(8-17)6-11(14)10-3-4-12(15)13(16)7-10/h2-8H,1H3. The lowest BCUT2D eigenvalue weighted by Crippen LogP contribution is -1.90. The molecule has 0 aromatic heterocycles. The number of carbonyl (C=O) groups excluding carboxylic acids is 1. The molecular weight excluding hydrogens is 271 g/mol. The second-order valence-corrected chi connectivity index (χ2v) is 4.52. The van der Waals surface area contributed by atoms with E-state index in [-0.39, 0.29) is 0 Å². The van der Waals surface area contributed by atoms with E-state index in [1.54, 1.807) is 37.4 Å². The molecule has 0 N–H and O–H groups in total. The molecule has 2 aromatic rings. The lowest BCUT2D eigenvalue weighted by Gasteiger charge is -2.10. The van der Waals surface area contributed by atoms with Crippen molar-refractivity contribution in [3.63, 3.8) is 0 Å². The van der Waals surface area contributed by atoms with Gasteiger partial charge < -0.3 is 4.74 Å². The number of methoxy groups -OCH3 is 1. The molecule has 0 saturated heterocycles. The second kappa shape index (κ2) is 5.42. The summed E-state index contributed by atoms with van der Waals surface area (Å²) in [6, 6.07) is 10.5. The van der Waals surface area contributed by atoms with Crippen molar-refractivity contribution in [1.82, 2.24) is 0 Å². The van der Waals surface area contributed by atoms with Crippen LogP contribution in [0.3, 0.4) is 0 Å². The van der Waals surface area contributed by atoms with Gasteiger partial charge in [-0.05, 0) is 35.9 Å². The third kappa shape index (κ3) is 2.50. The number of carbonyl (C=O) groups is 1. The first-order chi connectivity index (χ1) is 8.65. The van der Waals surface area contributed by atoms with Crippen LogP contribution < -0.4 is 4.74 Å². The van der Waals surface area contributed by atoms with Crippen molar-refractivity contribution in [2.75, 3.05) is 7.11 Å². The molecule has 0 aliphatic rings. The van der Waals surface area contributed by atoms with Crippen LogP contribution >= 0.6 is 23.2 Å². The maximum atomic E-state index is 10.8. The van der Waals surface area contributed by atoms with Crippen LogP contribution in [0.1, 0.15) is 10.4 Å². The van der Waals surface area contributed by atoms with E-state index in [4.69, 9.17) is 27.9 Å². The van der Waals surface area contributed by atoms with Gasteiger partial charge in [0.2, 0.25) is 0 Å². The molecule has 2 aromatic carbocycles. The Kier molecular flexibility index (Phi) is 3.90. The summed E-state index contributed by atoms with van der Waals surface area (Å²) in [6.45, 7) is 0. The Balaban J connectivity index is 2.60. The van der Waals surface area contributed by atoms with Crippen LogP contribution in [0.2, 0.25) is 10.0 Å². The summed E-state index contributed by atoms with van der Waals surface area (Å²) in [5.41, 5.74) is 2.24. The van der Waals surface area contributed by atoms with E-state index in [1.165, 1.54) is 0 Å². The van der Waals surface area contributed by atoms with Crippen LogP contribution in [-0.4, -0.2) is 13.4 Å². The van der Waals surface area contributed by atoms with E-state index >= 15 is 0 Å². The third-order valence-electron chi connectivity index (χ3n) is 2.59. The number of aldehydes is 1. The number of ether oxygens (including phenoxy) is 1. The van der Waals surface area contributed by atoms with E-state index in [0.717, 1.165) is 17.4 Å². The summed E-state index contributed by atoms with van der Waals surface area (Å²) in [4.78, 5) is 10.8. The molecule has 0 fully saturated rings. The Morgan fingerprint density at radius 2 is 1.83 bits per heavy atom. The minimum absolute atomic E-state index is 0.465. The summed E-state index contributed by atoms with van der Waals surface area (Å²) in [5.74, 6) is 0.680. The van der Waals surface area contributed by atoms with Gasteiger partial charge in [-0.15, -0.1) is 0 Å². The van der Waals surface area contributed by atoms with Gasteiger partial charge in [0.1, 0.15) is 12.0 Å². The number of hydrogen-bond donors (Lipinski definition) is 0. The monoisotopic (exact) mass is 280 g/mol. The largest absolute Gasteiger partial charge is 0.496 e. The Bertz CT molecular complexity index is 594. The zero-order valence-corrected chi connectivity index (χ0v) is 11.1. The van der Waals surface area contributed by atoms with Gasteiger partial charge in [-0.25, -0.2) is 0 Å². The molecule has 0 spiro atoms. The Labute approximate surface area is 115 Å². The fraction of sp³-hybridized carbons (Fsp3) is 0.0714. The Hall–Kier alpha value is -1.51. The summed E-state index contributed by atoms with van der Waals surface area (Å²) in [7, 11) is 1.58. The quantitative estimate of drug-likeness (QED) is 0.775. The normalized spacial score (nSPS) is 10.2. The molecule has 0 saturated carbocycles. The highest BCUT2D eigenvalue weighted by atomic mass is 35.5. The molecule has 0 aliphatic carbocycles. The van der Waals surface area contributed by atoms with Gasteiger partial charge in [0, 0.05) is 11.1 Å². The van der Waals surface area contributed by atoms with Crippen LogP contribution in [0.25, 0.3) is 11.1 Å². The maximum absolute atomic E-state index is 10.8. The third-order valence-corrected chi connectivity index (χ3v) is 3.33. The number of benzene rings is 2. The molecule has 2 rings (SSSR count). The minimum atomic E-state index is 0.465. The average Bonchev–Trinajstić information content (AvgIpc) is 2.41. The lowest BCUT2D eigenvalue weighted by atomic mass is 10.0. The summed E-state index contributed by atoms with van der Waals surface area (Å²) < 4.78 is 5.28. The summed E-state index contributed by atoms with van der Waals surface area (Å²) in [5, 5.41) is 0.957. The van der Waals surface area contributed by atoms with Crippen LogP contribution in [0.15, 0.2) is 36.4 Å². The van der Waals surface area contributed by atoms with Crippen molar-refractivity contribution in [1.29, 1.82) is 0 Å². The molecular formula is C14H10Cl2O2. The van der Waals surface area contributed by atoms with Crippen molar-refractivity contribution in [3.05, 3.63) is 52.0 Å². The molecule has 0 aliphatic heterocycles. The number of hydrogen-bond acceptors (Lipinski definition) is 2. The molecule has 92 valence electrons. The Morgan fingerprint density at radius 3 is 2.44 bits per heavy atom. The van der Waals surface area contributed by atoms with Crippen LogP contribution in [0, 0.1) is 0 Å². The van der Waals surface area contributed by atoms with E-state index in [9.17, 15) is 4.79 Å². The topological polar surface area (TPSA) is 26.3 Å². The second-order valence-electron chi connectivity index (χ2n) is 3.71. The van der Waals surface area contributed by atoms with Gasteiger partial charge in [-0.1, -0.05) is 29.3 Å². The first-order valence-corrected chi connectivity index (χ1v) is 6.00. The molecule has 0 bridgehead atoms. The van der Waals surface area contributed by atoms with E-state index in [0.29, 0.717) is 21.4 Å². The summed E-state index contributed by atoms with van der Waals surface area (Å²) >= 11 is 11.9. The van der Waals surface area contributed by atoms with Crippen molar-refractivity contribution in [2.45, 2.75) is 0 Å². The maximum Gasteiger partial charge on any atom is 0.150 e. The minimum Gasteiger partial charge on any atom is -0.496 e. The number of halogens is 2. The van der Waals surface area contributed by atoms with Gasteiger partial charge in [-0.3, -0.25) is 4.79 Å². The fourth-order valence-electron chi connectivity index (χ4n) is 1.69. The van der Waals surface area contributed by atoms with Gasteiger partial charge in [0.25, 0.3) is 0 Å². The van der Waals surface area contributed by atoms with Crippen molar-refractivity contribution >= 4 is 29.5 Å². The van der Waals surface area contributed by atoms with Crippen LogP contribution in [-0.2, 0) is 0 Å². The van der Waals surface area contributed by atoms with Gasteiger partial charge >= 0.3 is 0 Å². The SMILES string of the molecule is COc1ccc(C=O)cc1-c1ccc(Cl)c(Cl)c1. The van der Waals surface area contributed by atoms with E-state index in [1.807, 2.05) is 6.07 Å². The van der Waals surface area contributed by atoms with E-state index < -0.39 is 0 Å². The highest BCUT2D eigenvalue weighted by Gasteiger charge is 2.08. The van der Waals surface area contributed by atoms with Crippen LogP contribution in [0.5, 0.6) is 5.75 Å². The molecule has 0 radical (unpaired) electrons. The molecule has 0 atom stereocenters. The molecule has 0 heterocycles. The fourth-order valence-corrected chi connectivity index (χ4v) is 1.99. The summed E-state index contributed by atoms with van der Waals surface area (Å²) in [6.07, 6.45) is 0.792. The molecule has 0 amide bonds. The highest BCUT2D eigenvalue weighted by Crippen LogP contribution is 2.34. The molecule has 4 heteroatoms. The molecule has 0 unspecified atom stereocenters. The van der Waals surface area contributed by atoms with Crippen molar-refractivity contribution in [3.8, 4) is 16.9 Å². The van der Waals surface area contributed by atoms with Crippen LogP contribution in [0.4, 0.5) is 0 Å². The van der Waals surface area contributed by atoms with Crippen molar-refractivity contribution in [2.24, 2.45) is 0 Å². The van der Waals surface area contributed by atoms with E-state index in [2.05, 4.69) is 0 Å². The van der Waals surface area contributed by atoms with Gasteiger partial charge in [-0.2, -0.15) is 0 Å². The predicted octanol–water partition coefficient (Wildman–Crippen LogP) is 4.48. The average molecular weight is 281 g/mol. The highest BCUT2D eigenvalue weighted by molar-refractivity contribution is 6.42. The lowest BCUT2D eigenvalue weighted by molar-refractivity contribution is 0.112. The van der Waals surface area contributed by atoms with Gasteiger partial charge in [0.15, 0.2) is 0 Å². The van der Waals surface area contributed by atoms with Gasteiger partial charge in [0.05, 0.1) is 17.2 Å². The number of rotatable bonds is 3. The first-order valence-electron chi connectivity index (χ1n) is 5.24.